The van der Waals surface area contributed by atoms with E-state index >= 15 is 0 Å². The highest BCUT2D eigenvalue weighted by atomic mass is 16.6. The Balaban J connectivity index is 1.71. The maximum Gasteiger partial charge on any atom is 0.319 e. The largest absolute Gasteiger partial charge is 0.338 e. The number of amides is 2. The number of nitro groups is 1. The Kier molecular flexibility index (Phi) is 4.89. The zero-order chi connectivity index (χ0) is 14.4. The number of nitrogens with one attached hydrogen (secondary N) is 3. The highest BCUT2D eigenvalue weighted by Gasteiger charge is 2.13. The van der Waals surface area contributed by atoms with Crippen LogP contribution in [0, 0.1) is 10.1 Å². The second kappa shape index (κ2) is 6.85. The predicted molar refractivity (Wildman–Crippen MR) is 75.8 cm³/mol. The van der Waals surface area contributed by atoms with E-state index < -0.39 is 4.92 Å². The number of anilines is 1. The molecule has 1 aromatic rings. The molecule has 1 aromatic carbocycles. The molecule has 3 N–H and O–H groups in total. The molecule has 0 saturated carbocycles. The molecule has 1 aliphatic rings. The topological polar surface area (TPSA) is 96.3 Å². The Hall–Kier alpha value is -2.15. The molecule has 1 atom stereocenters. The molecule has 0 aromatic heterocycles. The molecular formula is C13H18N4O3. The van der Waals surface area contributed by atoms with Crippen LogP contribution in [-0.4, -0.2) is 30.1 Å². The van der Waals surface area contributed by atoms with Crippen LogP contribution in [0.15, 0.2) is 24.3 Å². The van der Waals surface area contributed by atoms with Gasteiger partial charge in [0.1, 0.15) is 0 Å². The van der Waals surface area contributed by atoms with Crippen LogP contribution < -0.4 is 16.0 Å². The second-order valence-corrected chi connectivity index (χ2v) is 4.77. The molecular weight excluding hydrogens is 260 g/mol. The molecule has 7 heteroatoms. The minimum absolute atomic E-state index is 0.00302. The van der Waals surface area contributed by atoms with Gasteiger partial charge in [-0.15, -0.1) is 0 Å². The van der Waals surface area contributed by atoms with Gasteiger partial charge in [0.05, 0.1) is 4.92 Å². The van der Waals surface area contributed by atoms with E-state index in [-0.39, 0.29) is 11.7 Å². The van der Waals surface area contributed by atoms with E-state index in [1.165, 1.54) is 30.7 Å². The molecule has 0 spiro atoms. The molecule has 0 bridgehead atoms. The number of carbonyl (C=O) groups is 1. The van der Waals surface area contributed by atoms with Crippen LogP contribution in [-0.2, 0) is 0 Å². The van der Waals surface area contributed by atoms with E-state index in [2.05, 4.69) is 16.0 Å². The van der Waals surface area contributed by atoms with Gasteiger partial charge in [0, 0.05) is 30.4 Å². The van der Waals surface area contributed by atoms with E-state index in [9.17, 15) is 14.9 Å². The summed E-state index contributed by atoms with van der Waals surface area (Å²) in [6.45, 7) is 1.66. The van der Waals surface area contributed by atoms with E-state index in [1.54, 1.807) is 0 Å². The summed E-state index contributed by atoms with van der Waals surface area (Å²) < 4.78 is 0. The Labute approximate surface area is 116 Å². The number of benzene rings is 1. The number of nitro benzene ring substituents is 1. The lowest BCUT2D eigenvalue weighted by molar-refractivity contribution is -0.384. The molecule has 2 amide bonds. The third kappa shape index (κ3) is 4.20. The lowest BCUT2D eigenvalue weighted by Crippen LogP contribution is -2.33. The van der Waals surface area contributed by atoms with Crippen molar-refractivity contribution in [2.45, 2.75) is 25.3 Å². The van der Waals surface area contributed by atoms with Gasteiger partial charge in [-0.1, -0.05) is 0 Å². The summed E-state index contributed by atoms with van der Waals surface area (Å²) in [5, 5.41) is 19.3. The van der Waals surface area contributed by atoms with Crippen molar-refractivity contribution in [3.63, 3.8) is 0 Å². The van der Waals surface area contributed by atoms with Crippen molar-refractivity contribution >= 4 is 17.4 Å². The number of hydrogen-bond acceptors (Lipinski definition) is 4. The van der Waals surface area contributed by atoms with Gasteiger partial charge >= 0.3 is 6.03 Å². The number of rotatable bonds is 5. The van der Waals surface area contributed by atoms with Crippen LogP contribution in [0.5, 0.6) is 0 Å². The summed E-state index contributed by atoms with van der Waals surface area (Å²) in [5.74, 6) is 0. The van der Waals surface area contributed by atoms with Crippen molar-refractivity contribution in [2.24, 2.45) is 0 Å². The molecule has 108 valence electrons. The van der Waals surface area contributed by atoms with Gasteiger partial charge in [-0.3, -0.25) is 10.1 Å². The number of non-ortho nitro benzene ring substituents is 1. The molecule has 1 fully saturated rings. The summed E-state index contributed by atoms with van der Waals surface area (Å²) in [7, 11) is 0. The van der Waals surface area contributed by atoms with Crippen LogP contribution in [0.3, 0.4) is 0 Å². The smallest absolute Gasteiger partial charge is 0.319 e. The fraction of sp³-hybridized carbons (Fsp3) is 0.462. The first-order valence-corrected chi connectivity index (χ1v) is 6.68. The Morgan fingerprint density at radius 3 is 2.75 bits per heavy atom. The minimum atomic E-state index is -0.474. The van der Waals surface area contributed by atoms with Crippen molar-refractivity contribution in [3.8, 4) is 0 Å². The van der Waals surface area contributed by atoms with Crippen molar-refractivity contribution in [1.29, 1.82) is 0 Å². The Bertz CT molecular complexity index is 469. The standard InChI is InChI=1S/C13H18N4O3/c18-13(15-9-7-10-2-1-8-14-10)16-11-3-5-12(6-4-11)17(19)20/h3-6,10,14H,1-2,7-9H2,(H2,15,16,18)/t10-/m1/s1. The lowest BCUT2D eigenvalue weighted by atomic mass is 10.1. The van der Waals surface area contributed by atoms with Gasteiger partial charge in [-0.2, -0.15) is 0 Å². The molecule has 0 aliphatic carbocycles. The first kappa shape index (κ1) is 14.3. The number of nitrogens with zero attached hydrogens (tertiary/aromatic N) is 1. The zero-order valence-corrected chi connectivity index (χ0v) is 11.1. The maximum atomic E-state index is 11.6. The van der Waals surface area contributed by atoms with Crippen molar-refractivity contribution < 1.29 is 9.72 Å². The van der Waals surface area contributed by atoms with Crippen LogP contribution in [0.1, 0.15) is 19.3 Å². The van der Waals surface area contributed by atoms with Gasteiger partial charge < -0.3 is 16.0 Å². The van der Waals surface area contributed by atoms with Crippen LogP contribution >= 0.6 is 0 Å². The number of carbonyl (C=O) groups excluding carboxylic acids is 1. The summed E-state index contributed by atoms with van der Waals surface area (Å²) >= 11 is 0. The van der Waals surface area contributed by atoms with E-state index in [0.717, 1.165) is 19.4 Å². The number of urea groups is 1. The van der Waals surface area contributed by atoms with Crippen molar-refractivity contribution in [2.75, 3.05) is 18.4 Å². The molecule has 0 unspecified atom stereocenters. The first-order chi connectivity index (χ1) is 9.65. The summed E-state index contributed by atoms with van der Waals surface area (Å²) in [5.41, 5.74) is 0.537. The molecule has 1 aliphatic heterocycles. The average Bonchev–Trinajstić information content (AvgIpc) is 2.92. The Morgan fingerprint density at radius 2 is 2.15 bits per heavy atom. The minimum Gasteiger partial charge on any atom is -0.338 e. The Morgan fingerprint density at radius 1 is 1.40 bits per heavy atom. The molecule has 1 heterocycles. The van der Waals surface area contributed by atoms with Crippen LogP contribution in [0.2, 0.25) is 0 Å². The lowest BCUT2D eigenvalue weighted by Gasteiger charge is -2.11. The molecule has 7 nitrogen and oxygen atoms in total. The van der Waals surface area contributed by atoms with Gasteiger partial charge in [0.15, 0.2) is 0 Å². The number of hydrogen-bond donors (Lipinski definition) is 3. The van der Waals surface area contributed by atoms with Crippen molar-refractivity contribution in [3.05, 3.63) is 34.4 Å². The third-order valence-corrected chi connectivity index (χ3v) is 3.28. The molecule has 20 heavy (non-hydrogen) atoms. The van der Waals surface area contributed by atoms with E-state index in [4.69, 9.17) is 0 Å². The summed E-state index contributed by atoms with van der Waals surface area (Å²) in [6, 6.07) is 5.94. The summed E-state index contributed by atoms with van der Waals surface area (Å²) in [4.78, 5) is 21.7. The van der Waals surface area contributed by atoms with E-state index in [0.29, 0.717) is 18.3 Å². The van der Waals surface area contributed by atoms with Gasteiger partial charge in [0.25, 0.3) is 5.69 Å². The molecule has 1 saturated heterocycles. The quantitative estimate of drug-likeness (QED) is 0.565. The average molecular weight is 278 g/mol. The molecule has 0 radical (unpaired) electrons. The monoisotopic (exact) mass is 278 g/mol. The fourth-order valence-electron chi connectivity index (χ4n) is 2.20. The fourth-order valence-corrected chi connectivity index (χ4v) is 2.20. The van der Waals surface area contributed by atoms with E-state index in [1.807, 2.05) is 0 Å². The van der Waals surface area contributed by atoms with Gasteiger partial charge in [-0.25, -0.2) is 4.79 Å². The predicted octanol–water partition coefficient (Wildman–Crippen LogP) is 1.86. The van der Waals surface area contributed by atoms with Crippen LogP contribution in [0.25, 0.3) is 0 Å². The summed E-state index contributed by atoms with van der Waals surface area (Å²) in [6.07, 6.45) is 3.26. The normalized spacial score (nSPS) is 17.7. The zero-order valence-electron chi connectivity index (χ0n) is 11.1. The van der Waals surface area contributed by atoms with Crippen LogP contribution in [0.4, 0.5) is 16.2 Å². The van der Waals surface area contributed by atoms with Gasteiger partial charge in [-0.05, 0) is 37.9 Å². The highest BCUT2D eigenvalue weighted by Crippen LogP contribution is 2.15. The first-order valence-electron chi connectivity index (χ1n) is 6.68. The van der Waals surface area contributed by atoms with Gasteiger partial charge in [0.2, 0.25) is 0 Å². The van der Waals surface area contributed by atoms with Crippen molar-refractivity contribution in [1.82, 2.24) is 10.6 Å². The second-order valence-electron chi connectivity index (χ2n) is 4.77. The molecule has 2 rings (SSSR count). The SMILES string of the molecule is O=C(NCC[C@H]1CCCN1)Nc1ccc([N+](=O)[O-])cc1. The maximum absolute atomic E-state index is 11.6. The third-order valence-electron chi connectivity index (χ3n) is 3.28. The highest BCUT2D eigenvalue weighted by molar-refractivity contribution is 5.89.